The number of benzene rings is 1. The van der Waals surface area contributed by atoms with E-state index in [1.54, 1.807) is 12.3 Å². The minimum atomic E-state index is 0.379. The predicted octanol–water partition coefficient (Wildman–Crippen LogP) is 3.22. The maximum Gasteiger partial charge on any atom is 0.193 e. The van der Waals surface area contributed by atoms with Crippen molar-refractivity contribution >= 4 is 23.2 Å². The van der Waals surface area contributed by atoms with Gasteiger partial charge in [0.2, 0.25) is 0 Å². The number of pyridine rings is 1. The molecule has 1 heterocycles. The van der Waals surface area contributed by atoms with Crippen molar-refractivity contribution in [3.05, 3.63) is 58.9 Å². The summed E-state index contributed by atoms with van der Waals surface area (Å²) >= 11 is 5.72. The van der Waals surface area contributed by atoms with E-state index in [2.05, 4.69) is 34.3 Å². The first-order chi connectivity index (χ1) is 9.67. The number of hydrogen-bond donors (Lipinski definition) is 2. The summed E-state index contributed by atoms with van der Waals surface area (Å²) in [4.78, 5) is 8.26. The molecule has 0 saturated heterocycles. The summed E-state index contributed by atoms with van der Waals surface area (Å²) in [5.41, 5.74) is 9.02. The van der Waals surface area contributed by atoms with Crippen molar-refractivity contribution in [3.8, 4) is 0 Å². The van der Waals surface area contributed by atoms with Crippen LogP contribution in [0.4, 0.5) is 5.69 Å². The maximum absolute atomic E-state index is 5.85. The number of nitrogens with zero attached hydrogens (tertiary/aromatic N) is 2. The number of anilines is 1. The Balaban J connectivity index is 1.94. The molecule has 104 valence electrons. The third kappa shape index (κ3) is 4.24. The maximum atomic E-state index is 5.85. The average Bonchev–Trinajstić information content (AvgIpc) is 2.47. The quantitative estimate of drug-likeness (QED) is 0.516. The second kappa shape index (κ2) is 6.91. The van der Waals surface area contributed by atoms with E-state index < -0.39 is 0 Å². The SMILES string of the molecule is CCc1ccc(NC(N)=NCc2ccc(Cl)nc2)cc1. The first kappa shape index (κ1) is 14.3. The average molecular weight is 289 g/mol. The number of aryl methyl sites for hydroxylation is 1. The van der Waals surface area contributed by atoms with Crippen molar-refractivity contribution in [1.29, 1.82) is 0 Å². The zero-order chi connectivity index (χ0) is 14.4. The molecule has 5 heteroatoms. The van der Waals surface area contributed by atoms with Crippen LogP contribution in [0, 0.1) is 0 Å². The lowest BCUT2D eigenvalue weighted by atomic mass is 10.1. The van der Waals surface area contributed by atoms with Gasteiger partial charge in [-0.05, 0) is 35.7 Å². The Labute approximate surface area is 123 Å². The van der Waals surface area contributed by atoms with Crippen LogP contribution in [0.25, 0.3) is 0 Å². The molecule has 1 aromatic heterocycles. The van der Waals surface area contributed by atoms with E-state index in [1.165, 1.54) is 5.56 Å². The zero-order valence-corrected chi connectivity index (χ0v) is 12.1. The Bertz CT molecular complexity index is 576. The monoisotopic (exact) mass is 288 g/mol. The third-order valence-corrected chi connectivity index (χ3v) is 3.08. The minimum absolute atomic E-state index is 0.379. The van der Waals surface area contributed by atoms with Crippen molar-refractivity contribution < 1.29 is 0 Å². The molecule has 0 unspecified atom stereocenters. The van der Waals surface area contributed by atoms with Gasteiger partial charge in [0.15, 0.2) is 5.96 Å². The van der Waals surface area contributed by atoms with E-state index in [9.17, 15) is 0 Å². The van der Waals surface area contributed by atoms with Gasteiger partial charge in [-0.2, -0.15) is 0 Å². The molecule has 0 aliphatic rings. The van der Waals surface area contributed by atoms with Crippen LogP contribution in [-0.4, -0.2) is 10.9 Å². The molecular weight excluding hydrogens is 272 g/mol. The number of aromatic nitrogens is 1. The van der Waals surface area contributed by atoms with Crippen molar-refractivity contribution in [3.63, 3.8) is 0 Å². The number of guanidine groups is 1. The van der Waals surface area contributed by atoms with Gasteiger partial charge in [-0.25, -0.2) is 9.98 Å². The predicted molar refractivity (Wildman–Crippen MR) is 84.0 cm³/mol. The Morgan fingerprint density at radius 1 is 1.20 bits per heavy atom. The van der Waals surface area contributed by atoms with Gasteiger partial charge >= 0.3 is 0 Å². The Hall–Kier alpha value is -2.07. The molecule has 2 rings (SSSR count). The molecule has 0 atom stereocenters. The Morgan fingerprint density at radius 2 is 1.90 bits per heavy atom. The summed E-state index contributed by atoms with van der Waals surface area (Å²) < 4.78 is 0. The van der Waals surface area contributed by atoms with Gasteiger partial charge < -0.3 is 11.1 Å². The molecule has 0 radical (unpaired) electrons. The van der Waals surface area contributed by atoms with Gasteiger partial charge in [-0.3, -0.25) is 0 Å². The molecule has 0 bridgehead atoms. The molecule has 0 fully saturated rings. The zero-order valence-electron chi connectivity index (χ0n) is 11.3. The summed E-state index contributed by atoms with van der Waals surface area (Å²) in [5.74, 6) is 0.379. The van der Waals surface area contributed by atoms with Crippen LogP contribution in [0.15, 0.2) is 47.6 Å². The van der Waals surface area contributed by atoms with Crippen LogP contribution in [0.2, 0.25) is 5.15 Å². The lowest BCUT2D eigenvalue weighted by Gasteiger charge is -2.06. The smallest absolute Gasteiger partial charge is 0.193 e. The fourth-order valence-electron chi connectivity index (χ4n) is 1.69. The van der Waals surface area contributed by atoms with Crippen LogP contribution in [0.1, 0.15) is 18.1 Å². The standard InChI is InChI=1S/C15H17ClN4/c1-2-11-3-6-13(7-4-11)20-15(17)19-10-12-5-8-14(16)18-9-12/h3-9H,2,10H2,1H3,(H3,17,19,20). The second-order valence-electron chi connectivity index (χ2n) is 4.37. The topological polar surface area (TPSA) is 63.3 Å². The molecule has 0 saturated carbocycles. The fourth-order valence-corrected chi connectivity index (χ4v) is 1.80. The molecule has 4 nitrogen and oxygen atoms in total. The van der Waals surface area contributed by atoms with Crippen molar-refractivity contribution in [2.75, 3.05) is 5.32 Å². The lowest BCUT2D eigenvalue weighted by Crippen LogP contribution is -2.22. The molecule has 1 aromatic carbocycles. The first-order valence-electron chi connectivity index (χ1n) is 6.43. The molecule has 0 aliphatic heterocycles. The normalized spacial score (nSPS) is 11.4. The summed E-state index contributed by atoms with van der Waals surface area (Å²) in [7, 11) is 0. The highest BCUT2D eigenvalue weighted by Crippen LogP contribution is 2.10. The number of hydrogen-bond acceptors (Lipinski definition) is 2. The summed E-state index contributed by atoms with van der Waals surface area (Å²) in [6.45, 7) is 2.59. The van der Waals surface area contributed by atoms with E-state index in [1.807, 2.05) is 18.2 Å². The van der Waals surface area contributed by atoms with Crippen LogP contribution in [0.5, 0.6) is 0 Å². The molecule has 0 spiro atoms. The number of rotatable bonds is 4. The van der Waals surface area contributed by atoms with Gasteiger partial charge in [0.1, 0.15) is 5.15 Å². The first-order valence-corrected chi connectivity index (χ1v) is 6.81. The van der Waals surface area contributed by atoms with Crippen molar-refractivity contribution in [2.45, 2.75) is 19.9 Å². The van der Waals surface area contributed by atoms with Gasteiger partial charge in [0.05, 0.1) is 6.54 Å². The van der Waals surface area contributed by atoms with Crippen LogP contribution >= 0.6 is 11.6 Å². The molecule has 3 N–H and O–H groups in total. The third-order valence-electron chi connectivity index (χ3n) is 2.86. The number of aliphatic imine (C=N–C) groups is 1. The molecule has 20 heavy (non-hydrogen) atoms. The van der Waals surface area contributed by atoms with E-state index in [-0.39, 0.29) is 0 Å². The van der Waals surface area contributed by atoms with Crippen LogP contribution in [-0.2, 0) is 13.0 Å². The van der Waals surface area contributed by atoms with Crippen molar-refractivity contribution in [1.82, 2.24) is 4.98 Å². The number of nitrogens with two attached hydrogens (primary N) is 1. The molecular formula is C15H17ClN4. The molecule has 0 aliphatic carbocycles. The van der Waals surface area contributed by atoms with Gasteiger partial charge in [0, 0.05) is 11.9 Å². The summed E-state index contributed by atoms with van der Waals surface area (Å²) in [6.07, 6.45) is 2.71. The van der Waals surface area contributed by atoms with Crippen LogP contribution in [0.3, 0.4) is 0 Å². The highest BCUT2D eigenvalue weighted by Gasteiger charge is 1.97. The Morgan fingerprint density at radius 3 is 2.50 bits per heavy atom. The van der Waals surface area contributed by atoms with Gasteiger partial charge in [0.25, 0.3) is 0 Å². The highest BCUT2D eigenvalue weighted by molar-refractivity contribution is 6.29. The molecule has 2 aromatic rings. The Kier molecular flexibility index (Phi) is 4.96. The van der Waals surface area contributed by atoms with E-state index in [0.29, 0.717) is 17.7 Å². The van der Waals surface area contributed by atoms with E-state index in [4.69, 9.17) is 17.3 Å². The summed E-state index contributed by atoms with van der Waals surface area (Å²) in [6, 6.07) is 11.7. The van der Waals surface area contributed by atoms with Gasteiger partial charge in [-0.15, -0.1) is 0 Å². The van der Waals surface area contributed by atoms with E-state index >= 15 is 0 Å². The minimum Gasteiger partial charge on any atom is -0.370 e. The van der Waals surface area contributed by atoms with Gasteiger partial charge in [-0.1, -0.05) is 36.7 Å². The molecule has 0 amide bonds. The number of halogens is 1. The summed E-state index contributed by atoms with van der Waals surface area (Å²) in [5, 5.41) is 3.53. The van der Waals surface area contributed by atoms with Crippen molar-refractivity contribution in [2.24, 2.45) is 10.7 Å². The number of nitrogens with one attached hydrogen (secondary N) is 1. The lowest BCUT2D eigenvalue weighted by molar-refractivity contribution is 1.04. The van der Waals surface area contributed by atoms with E-state index in [0.717, 1.165) is 17.7 Å². The van der Waals surface area contributed by atoms with Crippen LogP contribution < -0.4 is 11.1 Å². The highest BCUT2D eigenvalue weighted by atomic mass is 35.5. The fraction of sp³-hybridized carbons (Fsp3) is 0.200. The second-order valence-corrected chi connectivity index (χ2v) is 4.75. The largest absolute Gasteiger partial charge is 0.370 e.